The number of benzene rings is 2. The lowest BCUT2D eigenvalue weighted by Crippen LogP contribution is -2.26. The van der Waals surface area contributed by atoms with Crippen molar-refractivity contribution in [1.82, 2.24) is 5.32 Å². The highest BCUT2D eigenvalue weighted by molar-refractivity contribution is 5.96. The molecule has 0 radical (unpaired) electrons. The van der Waals surface area contributed by atoms with Crippen LogP contribution in [0.2, 0.25) is 0 Å². The molecule has 0 aliphatic rings. The molecule has 116 valence electrons. The average molecular weight is 308 g/mol. The summed E-state index contributed by atoms with van der Waals surface area (Å²) in [6.45, 7) is 1.86. The van der Waals surface area contributed by atoms with Crippen LogP contribution in [0.25, 0.3) is 11.0 Å². The van der Waals surface area contributed by atoms with E-state index in [4.69, 9.17) is 10.2 Å². The normalized spacial score (nSPS) is 12.0. The third kappa shape index (κ3) is 3.08. The molecule has 0 bridgehead atoms. The number of carbonyl (C=O) groups is 2. The summed E-state index contributed by atoms with van der Waals surface area (Å²) in [4.78, 5) is 23.4. The summed E-state index contributed by atoms with van der Waals surface area (Å²) in [5.41, 5.74) is 7.20. The van der Waals surface area contributed by atoms with Crippen LogP contribution in [-0.4, -0.2) is 11.8 Å². The van der Waals surface area contributed by atoms with Crippen LogP contribution in [0.5, 0.6) is 0 Å². The molecule has 0 saturated carbocycles. The van der Waals surface area contributed by atoms with Gasteiger partial charge in [0.2, 0.25) is 5.91 Å². The van der Waals surface area contributed by atoms with Crippen LogP contribution in [-0.2, 0) is 0 Å². The minimum Gasteiger partial charge on any atom is -0.451 e. The molecule has 0 fully saturated rings. The first-order valence-corrected chi connectivity index (χ1v) is 7.24. The van der Waals surface area contributed by atoms with Crippen molar-refractivity contribution in [2.75, 3.05) is 0 Å². The standard InChI is InChI=1S/C18H16N2O3/c1-11(12-6-8-13(9-7-12)17(19)21)20-18(22)16-10-14-4-2-3-5-15(14)23-16/h2-11H,1H3,(H2,19,21)(H,20,22). The second kappa shape index (κ2) is 5.96. The first-order valence-electron chi connectivity index (χ1n) is 7.24. The predicted molar refractivity (Wildman–Crippen MR) is 87.1 cm³/mol. The number of carbonyl (C=O) groups excluding carboxylic acids is 2. The van der Waals surface area contributed by atoms with Gasteiger partial charge in [0, 0.05) is 10.9 Å². The molecule has 1 atom stereocenters. The molecule has 1 aromatic heterocycles. The fraction of sp³-hybridized carbons (Fsp3) is 0.111. The molecule has 0 aliphatic heterocycles. The number of furan rings is 1. The van der Waals surface area contributed by atoms with Crippen molar-refractivity contribution in [1.29, 1.82) is 0 Å². The number of amides is 2. The number of fused-ring (bicyclic) bond motifs is 1. The first-order chi connectivity index (χ1) is 11.0. The van der Waals surface area contributed by atoms with Crippen molar-refractivity contribution in [2.24, 2.45) is 5.73 Å². The highest BCUT2D eigenvalue weighted by atomic mass is 16.3. The number of hydrogen-bond donors (Lipinski definition) is 2. The van der Waals surface area contributed by atoms with Gasteiger partial charge in [-0.15, -0.1) is 0 Å². The summed E-state index contributed by atoms with van der Waals surface area (Å²) in [5.74, 6) is -0.491. The molecule has 3 aromatic rings. The molecular weight excluding hydrogens is 292 g/mol. The quantitative estimate of drug-likeness (QED) is 0.777. The van der Waals surface area contributed by atoms with Crippen molar-refractivity contribution in [3.63, 3.8) is 0 Å². The maximum Gasteiger partial charge on any atom is 0.287 e. The summed E-state index contributed by atoms with van der Waals surface area (Å²) < 4.78 is 5.54. The van der Waals surface area contributed by atoms with E-state index in [1.807, 2.05) is 31.2 Å². The van der Waals surface area contributed by atoms with Gasteiger partial charge in [-0.2, -0.15) is 0 Å². The molecule has 23 heavy (non-hydrogen) atoms. The summed E-state index contributed by atoms with van der Waals surface area (Å²) in [7, 11) is 0. The Hall–Kier alpha value is -3.08. The Labute approximate surface area is 133 Å². The fourth-order valence-electron chi connectivity index (χ4n) is 2.38. The van der Waals surface area contributed by atoms with Crippen LogP contribution in [0.1, 0.15) is 39.4 Å². The van der Waals surface area contributed by atoms with E-state index >= 15 is 0 Å². The van der Waals surface area contributed by atoms with Gasteiger partial charge in [0.25, 0.3) is 5.91 Å². The lowest BCUT2D eigenvalue weighted by atomic mass is 10.1. The van der Waals surface area contributed by atoms with Gasteiger partial charge in [0.05, 0.1) is 6.04 Å². The monoisotopic (exact) mass is 308 g/mol. The van der Waals surface area contributed by atoms with Gasteiger partial charge in [-0.3, -0.25) is 9.59 Å². The maximum atomic E-state index is 12.3. The average Bonchev–Trinajstić information content (AvgIpc) is 2.99. The zero-order valence-corrected chi connectivity index (χ0v) is 12.6. The number of hydrogen-bond acceptors (Lipinski definition) is 3. The largest absolute Gasteiger partial charge is 0.451 e. The third-order valence-electron chi connectivity index (χ3n) is 3.69. The van der Waals surface area contributed by atoms with Gasteiger partial charge >= 0.3 is 0 Å². The Kier molecular flexibility index (Phi) is 3.85. The maximum absolute atomic E-state index is 12.3. The zero-order valence-electron chi connectivity index (χ0n) is 12.6. The van der Waals surface area contributed by atoms with Crippen molar-refractivity contribution in [2.45, 2.75) is 13.0 Å². The molecular formula is C18H16N2O3. The van der Waals surface area contributed by atoms with Crippen molar-refractivity contribution < 1.29 is 14.0 Å². The van der Waals surface area contributed by atoms with E-state index < -0.39 is 5.91 Å². The highest BCUT2D eigenvalue weighted by Gasteiger charge is 2.15. The van der Waals surface area contributed by atoms with Crippen molar-refractivity contribution in [3.05, 3.63) is 71.5 Å². The number of nitrogens with one attached hydrogen (secondary N) is 1. The van der Waals surface area contributed by atoms with Crippen LogP contribution < -0.4 is 11.1 Å². The molecule has 2 aromatic carbocycles. The minimum atomic E-state index is -0.476. The van der Waals surface area contributed by atoms with Gasteiger partial charge in [0.1, 0.15) is 5.58 Å². The van der Waals surface area contributed by atoms with Gasteiger partial charge in [-0.05, 0) is 36.8 Å². The molecule has 2 amide bonds. The first kappa shape index (κ1) is 14.8. The smallest absolute Gasteiger partial charge is 0.287 e. The highest BCUT2D eigenvalue weighted by Crippen LogP contribution is 2.20. The Morgan fingerprint density at radius 3 is 2.43 bits per heavy atom. The number of rotatable bonds is 4. The zero-order chi connectivity index (χ0) is 16.4. The van der Waals surface area contributed by atoms with Gasteiger partial charge in [0.15, 0.2) is 5.76 Å². The summed E-state index contributed by atoms with van der Waals surface area (Å²) in [5, 5.41) is 3.76. The fourth-order valence-corrected chi connectivity index (χ4v) is 2.38. The molecule has 5 nitrogen and oxygen atoms in total. The lowest BCUT2D eigenvalue weighted by Gasteiger charge is -2.13. The van der Waals surface area contributed by atoms with E-state index in [0.717, 1.165) is 10.9 Å². The Balaban J connectivity index is 1.74. The van der Waals surface area contributed by atoms with Crippen LogP contribution in [0, 0.1) is 0 Å². The molecule has 3 rings (SSSR count). The molecule has 1 heterocycles. The molecule has 0 aliphatic carbocycles. The lowest BCUT2D eigenvalue weighted by molar-refractivity contribution is 0.0913. The van der Waals surface area contributed by atoms with E-state index in [2.05, 4.69) is 5.32 Å². The molecule has 0 saturated heterocycles. The Morgan fingerprint density at radius 2 is 1.78 bits per heavy atom. The van der Waals surface area contributed by atoms with Crippen LogP contribution in [0.4, 0.5) is 0 Å². The van der Waals surface area contributed by atoms with Gasteiger partial charge in [-0.1, -0.05) is 30.3 Å². The van der Waals surface area contributed by atoms with Crippen molar-refractivity contribution in [3.8, 4) is 0 Å². The Bertz CT molecular complexity index is 832. The SMILES string of the molecule is CC(NC(=O)c1cc2ccccc2o1)c1ccc(C(N)=O)cc1. The number of nitrogens with two attached hydrogens (primary N) is 1. The molecule has 5 heteroatoms. The second-order valence-corrected chi connectivity index (χ2v) is 5.33. The van der Waals surface area contributed by atoms with Crippen LogP contribution >= 0.6 is 0 Å². The minimum absolute atomic E-state index is 0.224. The van der Waals surface area contributed by atoms with Gasteiger partial charge in [-0.25, -0.2) is 0 Å². The van der Waals surface area contributed by atoms with Crippen molar-refractivity contribution >= 4 is 22.8 Å². The molecule has 3 N–H and O–H groups in total. The van der Waals surface area contributed by atoms with Gasteiger partial charge < -0.3 is 15.5 Å². The number of primary amides is 1. The van der Waals surface area contributed by atoms with E-state index in [-0.39, 0.29) is 17.7 Å². The summed E-state index contributed by atoms with van der Waals surface area (Å²) in [6, 6.07) is 15.8. The van der Waals surface area contributed by atoms with E-state index in [1.54, 1.807) is 30.3 Å². The molecule has 0 spiro atoms. The van der Waals surface area contributed by atoms with E-state index in [0.29, 0.717) is 11.1 Å². The van der Waals surface area contributed by atoms with Crippen LogP contribution in [0.3, 0.4) is 0 Å². The number of para-hydroxylation sites is 1. The predicted octanol–water partition coefficient (Wildman–Crippen LogP) is 3.02. The molecule has 1 unspecified atom stereocenters. The summed E-state index contributed by atoms with van der Waals surface area (Å²) >= 11 is 0. The van der Waals surface area contributed by atoms with Crippen LogP contribution in [0.15, 0.2) is 59.0 Å². The van der Waals surface area contributed by atoms with E-state index in [1.165, 1.54) is 0 Å². The third-order valence-corrected chi connectivity index (χ3v) is 3.69. The topological polar surface area (TPSA) is 85.3 Å². The van der Waals surface area contributed by atoms with E-state index in [9.17, 15) is 9.59 Å². The second-order valence-electron chi connectivity index (χ2n) is 5.33. The summed E-state index contributed by atoms with van der Waals surface area (Å²) in [6.07, 6.45) is 0. The Morgan fingerprint density at radius 1 is 1.09 bits per heavy atom.